The van der Waals surface area contributed by atoms with Gasteiger partial charge in [0.15, 0.2) is 0 Å². The highest BCUT2D eigenvalue weighted by molar-refractivity contribution is 5.27. The topological polar surface area (TPSA) is 21.3 Å². The second-order valence-corrected chi connectivity index (χ2v) is 4.55. The fourth-order valence-corrected chi connectivity index (χ4v) is 2.05. The van der Waals surface area contributed by atoms with E-state index in [2.05, 4.69) is 58.2 Å². The molecule has 1 heterocycles. The lowest BCUT2D eigenvalue weighted by atomic mass is 10.0. The number of rotatable bonds is 3. The van der Waals surface area contributed by atoms with Gasteiger partial charge in [0.05, 0.1) is 12.1 Å². The van der Waals surface area contributed by atoms with Crippen LogP contribution in [0.4, 0.5) is 0 Å². The molecule has 0 radical (unpaired) electrons. The van der Waals surface area contributed by atoms with Crippen molar-refractivity contribution >= 4 is 0 Å². The molecule has 15 heavy (non-hydrogen) atoms. The van der Waals surface area contributed by atoms with Crippen LogP contribution in [-0.2, 0) is 4.74 Å². The molecule has 86 valence electrons. The molecule has 1 aliphatic rings. The molecule has 0 aromatic carbocycles. The maximum absolute atomic E-state index is 5.84. The first-order valence-corrected chi connectivity index (χ1v) is 5.78. The van der Waals surface area contributed by atoms with Gasteiger partial charge in [-0.25, -0.2) is 0 Å². The van der Waals surface area contributed by atoms with Crippen LogP contribution >= 0.6 is 0 Å². The molecule has 0 aromatic rings. The maximum atomic E-state index is 5.84. The van der Waals surface area contributed by atoms with E-state index in [1.165, 1.54) is 5.57 Å². The molecule has 0 spiro atoms. The molecule has 0 amide bonds. The molecule has 2 heteroatoms. The Balaban J connectivity index is 2.75. The summed E-state index contributed by atoms with van der Waals surface area (Å²) < 4.78 is 5.84. The molecular weight excluding hydrogens is 186 g/mol. The first-order chi connectivity index (χ1) is 7.00. The van der Waals surface area contributed by atoms with Crippen LogP contribution in [0.1, 0.15) is 41.0 Å². The molecule has 0 saturated carbocycles. The van der Waals surface area contributed by atoms with E-state index >= 15 is 0 Å². The third-order valence-electron chi connectivity index (χ3n) is 2.69. The normalized spacial score (nSPS) is 31.4. The van der Waals surface area contributed by atoms with E-state index in [1.54, 1.807) is 0 Å². The summed E-state index contributed by atoms with van der Waals surface area (Å²) in [5, 5.41) is 3.50. The van der Waals surface area contributed by atoms with E-state index in [0.717, 1.165) is 6.42 Å². The van der Waals surface area contributed by atoms with Gasteiger partial charge in [-0.05, 0) is 39.7 Å². The zero-order valence-corrected chi connectivity index (χ0v) is 10.5. The van der Waals surface area contributed by atoms with E-state index in [9.17, 15) is 0 Å². The molecular formula is C13H23NO. The number of hydrogen-bond acceptors (Lipinski definition) is 2. The van der Waals surface area contributed by atoms with Crippen LogP contribution in [0.2, 0.25) is 0 Å². The summed E-state index contributed by atoms with van der Waals surface area (Å²) in [6.07, 6.45) is 7.84. The molecule has 1 saturated heterocycles. The Bertz CT molecular complexity index is 266. The van der Waals surface area contributed by atoms with Gasteiger partial charge in [-0.15, -0.1) is 0 Å². The van der Waals surface area contributed by atoms with Gasteiger partial charge in [0.1, 0.15) is 5.72 Å². The van der Waals surface area contributed by atoms with Crippen molar-refractivity contribution in [3.8, 4) is 0 Å². The fraction of sp³-hybridized carbons (Fsp3) is 0.692. The van der Waals surface area contributed by atoms with E-state index < -0.39 is 0 Å². The Labute approximate surface area is 93.4 Å². The standard InChI is InChI=1S/C13H23NO/c1-6-8-9-11(7-2)12-10(3)15-13(4,5)14-12/h7-10,12,14H,6H2,1-5H3/b9-8-,11-7+/t10-,12+/m0/s1. The quantitative estimate of drug-likeness (QED) is 0.721. The SMILES string of the molecule is C/C=C(\C=C/CC)[C@@H]1NC(C)(C)O[C@H]1C. The third kappa shape index (κ3) is 3.18. The number of allylic oxidation sites excluding steroid dienone is 2. The molecule has 1 rings (SSSR count). The molecule has 2 nitrogen and oxygen atoms in total. The minimum absolute atomic E-state index is 0.210. The molecule has 0 aromatic heterocycles. The van der Waals surface area contributed by atoms with Crippen LogP contribution in [0.25, 0.3) is 0 Å². The Kier molecular flexibility index (Phi) is 4.12. The smallest absolute Gasteiger partial charge is 0.114 e. The maximum Gasteiger partial charge on any atom is 0.114 e. The summed E-state index contributed by atoms with van der Waals surface area (Å²) in [5.74, 6) is 0. The van der Waals surface area contributed by atoms with Crippen LogP contribution in [-0.4, -0.2) is 17.9 Å². The molecule has 0 unspecified atom stereocenters. The molecule has 0 bridgehead atoms. The van der Waals surface area contributed by atoms with Gasteiger partial charge in [0, 0.05) is 0 Å². The summed E-state index contributed by atoms with van der Waals surface area (Å²) in [5.41, 5.74) is 1.10. The van der Waals surface area contributed by atoms with Crippen molar-refractivity contribution in [1.29, 1.82) is 0 Å². The van der Waals surface area contributed by atoms with Crippen LogP contribution in [0.15, 0.2) is 23.8 Å². The minimum Gasteiger partial charge on any atom is -0.356 e. The Morgan fingerprint density at radius 3 is 2.53 bits per heavy atom. The van der Waals surface area contributed by atoms with Gasteiger partial charge < -0.3 is 4.74 Å². The van der Waals surface area contributed by atoms with Crippen LogP contribution in [0.3, 0.4) is 0 Å². The summed E-state index contributed by atoms with van der Waals surface area (Å²) in [4.78, 5) is 0. The second kappa shape index (κ2) is 4.95. The van der Waals surface area contributed by atoms with Crippen molar-refractivity contribution in [2.75, 3.05) is 0 Å². The van der Waals surface area contributed by atoms with Crippen LogP contribution < -0.4 is 5.32 Å². The highest BCUT2D eigenvalue weighted by Crippen LogP contribution is 2.25. The molecule has 2 atom stereocenters. The first kappa shape index (κ1) is 12.5. The monoisotopic (exact) mass is 209 g/mol. The van der Waals surface area contributed by atoms with Crippen molar-refractivity contribution in [3.63, 3.8) is 0 Å². The Morgan fingerprint density at radius 2 is 2.13 bits per heavy atom. The van der Waals surface area contributed by atoms with Crippen molar-refractivity contribution < 1.29 is 4.74 Å². The van der Waals surface area contributed by atoms with Gasteiger partial charge in [-0.2, -0.15) is 0 Å². The summed E-state index contributed by atoms with van der Waals surface area (Å²) >= 11 is 0. The first-order valence-electron chi connectivity index (χ1n) is 5.78. The summed E-state index contributed by atoms with van der Waals surface area (Å²) in [6.45, 7) is 10.5. The van der Waals surface area contributed by atoms with Crippen molar-refractivity contribution in [3.05, 3.63) is 23.8 Å². The van der Waals surface area contributed by atoms with E-state index in [1.807, 2.05) is 0 Å². The highest BCUT2D eigenvalue weighted by Gasteiger charge is 2.37. The number of ether oxygens (including phenoxy) is 1. The predicted octanol–water partition coefficient (Wildman–Crippen LogP) is 3.01. The van der Waals surface area contributed by atoms with E-state index in [-0.39, 0.29) is 11.8 Å². The van der Waals surface area contributed by atoms with Crippen molar-refractivity contribution in [1.82, 2.24) is 5.32 Å². The van der Waals surface area contributed by atoms with Crippen molar-refractivity contribution in [2.45, 2.75) is 58.9 Å². The largest absolute Gasteiger partial charge is 0.356 e. The zero-order valence-electron chi connectivity index (χ0n) is 10.5. The lowest BCUT2D eigenvalue weighted by Crippen LogP contribution is -2.39. The van der Waals surface area contributed by atoms with E-state index in [0.29, 0.717) is 6.04 Å². The molecule has 1 N–H and O–H groups in total. The lowest BCUT2D eigenvalue weighted by molar-refractivity contribution is -0.0165. The number of hydrogen-bond donors (Lipinski definition) is 1. The average Bonchev–Trinajstić information content (AvgIpc) is 2.42. The van der Waals surface area contributed by atoms with Gasteiger partial charge in [0.2, 0.25) is 0 Å². The molecule has 1 fully saturated rings. The van der Waals surface area contributed by atoms with Gasteiger partial charge in [-0.1, -0.05) is 25.2 Å². The van der Waals surface area contributed by atoms with E-state index in [4.69, 9.17) is 4.74 Å². The lowest BCUT2D eigenvalue weighted by Gasteiger charge is -2.18. The molecule has 1 aliphatic heterocycles. The third-order valence-corrected chi connectivity index (χ3v) is 2.69. The van der Waals surface area contributed by atoms with Gasteiger partial charge >= 0.3 is 0 Å². The van der Waals surface area contributed by atoms with Gasteiger partial charge in [0.25, 0.3) is 0 Å². The highest BCUT2D eigenvalue weighted by atomic mass is 16.5. The predicted molar refractivity (Wildman–Crippen MR) is 64.7 cm³/mol. The summed E-state index contributed by atoms with van der Waals surface area (Å²) in [7, 11) is 0. The Hall–Kier alpha value is -0.600. The summed E-state index contributed by atoms with van der Waals surface area (Å²) in [6, 6.07) is 0.313. The van der Waals surface area contributed by atoms with Gasteiger partial charge in [-0.3, -0.25) is 5.32 Å². The van der Waals surface area contributed by atoms with Crippen molar-refractivity contribution in [2.24, 2.45) is 0 Å². The Morgan fingerprint density at radius 1 is 1.47 bits per heavy atom. The number of nitrogens with one attached hydrogen (secondary N) is 1. The second-order valence-electron chi connectivity index (χ2n) is 4.55. The molecule has 0 aliphatic carbocycles. The fourth-order valence-electron chi connectivity index (χ4n) is 2.05. The van der Waals surface area contributed by atoms with Crippen LogP contribution in [0, 0.1) is 0 Å². The van der Waals surface area contributed by atoms with Crippen LogP contribution in [0.5, 0.6) is 0 Å². The minimum atomic E-state index is -0.210. The zero-order chi connectivity index (χ0) is 11.5. The average molecular weight is 209 g/mol.